The lowest BCUT2D eigenvalue weighted by Gasteiger charge is -2.32. The number of nitrogens with one attached hydrogen (secondary N) is 2. The van der Waals surface area contributed by atoms with E-state index in [4.69, 9.17) is 0 Å². The van der Waals surface area contributed by atoms with Crippen molar-refractivity contribution in [3.8, 4) is 11.1 Å². The molecule has 0 atom stereocenters. The van der Waals surface area contributed by atoms with E-state index in [1.807, 2.05) is 60.4 Å². The number of fused-ring (bicyclic) bond motifs is 1. The van der Waals surface area contributed by atoms with Gasteiger partial charge in [0.25, 0.3) is 5.91 Å². The third kappa shape index (κ3) is 7.22. The number of amides is 2. The molecule has 8 heteroatoms. The summed E-state index contributed by atoms with van der Waals surface area (Å²) >= 11 is 0. The Morgan fingerprint density at radius 3 is 2.42 bits per heavy atom. The fourth-order valence-electron chi connectivity index (χ4n) is 4.68. The van der Waals surface area contributed by atoms with Gasteiger partial charge in [0, 0.05) is 44.1 Å². The smallest absolute Gasteiger partial charge is 0.256 e. The Balaban J connectivity index is 0.00000400. The van der Waals surface area contributed by atoms with Crippen molar-refractivity contribution in [2.45, 2.75) is 54.1 Å². The lowest BCUT2D eigenvalue weighted by molar-refractivity contribution is -0.145. The number of benzene rings is 2. The first-order valence-corrected chi connectivity index (χ1v) is 13.0. The van der Waals surface area contributed by atoms with Crippen LogP contribution in [-0.4, -0.2) is 58.7 Å². The van der Waals surface area contributed by atoms with Crippen molar-refractivity contribution in [2.75, 3.05) is 31.6 Å². The highest BCUT2D eigenvalue weighted by Gasteiger charge is 2.27. The molecule has 4 rings (SSSR count). The summed E-state index contributed by atoms with van der Waals surface area (Å²) in [4.78, 5) is 28.3. The summed E-state index contributed by atoms with van der Waals surface area (Å²) < 4.78 is 0. The van der Waals surface area contributed by atoms with Gasteiger partial charge < -0.3 is 10.2 Å². The molecule has 0 spiro atoms. The van der Waals surface area contributed by atoms with E-state index in [0.29, 0.717) is 25.6 Å². The molecule has 2 aromatic carbocycles. The highest BCUT2D eigenvalue weighted by atomic mass is 16.2. The number of hydrogen-bond acceptors (Lipinski definition) is 5. The molecular weight excluding hydrogens is 476 g/mol. The molecule has 0 saturated carbocycles. The number of likely N-dealkylation sites (N-methyl/N-ethyl adjacent to an activating group) is 1. The Morgan fingerprint density at radius 2 is 1.79 bits per heavy atom. The van der Waals surface area contributed by atoms with E-state index in [9.17, 15) is 9.59 Å². The topological polar surface area (TPSA) is 84.6 Å². The second kappa shape index (κ2) is 13.2. The zero-order valence-electron chi connectivity index (χ0n) is 22.3. The number of aryl methyl sites for hydroxylation is 1. The van der Waals surface area contributed by atoms with Gasteiger partial charge in [-0.1, -0.05) is 57.7 Å². The van der Waals surface area contributed by atoms with E-state index >= 15 is 0 Å². The van der Waals surface area contributed by atoms with Crippen molar-refractivity contribution < 1.29 is 9.59 Å². The molecule has 0 bridgehead atoms. The molecule has 0 fully saturated rings. The SMILES string of the molecule is C.Cc1ccc(-c2cn[nH]c2)cc1N(CC(=O)NCCCC(C)C)CC(=O)N(C)N1Cc2ccccc2C1. The molecule has 1 aliphatic heterocycles. The monoisotopic (exact) mass is 518 g/mol. The van der Waals surface area contributed by atoms with Crippen LogP contribution < -0.4 is 10.2 Å². The normalized spacial score (nSPS) is 12.7. The molecule has 0 aliphatic carbocycles. The quantitative estimate of drug-likeness (QED) is 0.357. The third-order valence-electron chi connectivity index (χ3n) is 6.93. The molecular formula is C30H42N6O2. The lowest BCUT2D eigenvalue weighted by Crippen LogP contribution is -2.48. The van der Waals surface area contributed by atoms with E-state index in [-0.39, 0.29) is 32.3 Å². The highest BCUT2D eigenvalue weighted by molar-refractivity contribution is 5.87. The van der Waals surface area contributed by atoms with Crippen LogP contribution in [0, 0.1) is 12.8 Å². The van der Waals surface area contributed by atoms with Crippen molar-refractivity contribution in [1.29, 1.82) is 0 Å². The van der Waals surface area contributed by atoms with Gasteiger partial charge in [-0.05, 0) is 54.0 Å². The molecule has 204 valence electrons. The van der Waals surface area contributed by atoms with E-state index in [1.165, 1.54) is 11.1 Å². The summed E-state index contributed by atoms with van der Waals surface area (Å²) in [5, 5.41) is 13.7. The maximum atomic E-state index is 13.5. The minimum absolute atomic E-state index is 0. The second-order valence-electron chi connectivity index (χ2n) is 10.2. The summed E-state index contributed by atoms with van der Waals surface area (Å²) in [7, 11) is 1.81. The first-order valence-electron chi connectivity index (χ1n) is 13.0. The predicted molar refractivity (Wildman–Crippen MR) is 153 cm³/mol. The Kier molecular flexibility index (Phi) is 10.1. The summed E-state index contributed by atoms with van der Waals surface area (Å²) in [6.07, 6.45) is 5.61. The van der Waals surface area contributed by atoms with Crippen LogP contribution in [0.5, 0.6) is 0 Å². The van der Waals surface area contributed by atoms with E-state index < -0.39 is 0 Å². The fraction of sp³-hybridized carbons (Fsp3) is 0.433. The Labute approximate surface area is 227 Å². The molecule has 1 aromatic heterocycles. The predicted octanol–water partition coefficient (Wildman–Crippen LogP) is 4.77. The van der Waals surface area contributed by atoms with E-state index in [1.54, 1.807) is 11.2 Å². The van der Waals surface area contributed by atoms with Crippen molar-refractivity contribution >= 4 is 17.5 Å². The summed E-state index contributed by atoms with van der Waals surface area (Å²) in [6, 6.07) is 14.4. The second-order valence-corrected chi connectivity index (χ2v) is 10.2. The highest BCUT2D eigenvalue weighted by Crippen LogP contribution is 2.28. The van der Waals surface area contributed by atoms with Crippen LogP contribution in [0.4, 0.5) is 5.69 Å². The number of hydrazine groups is 1. The molecule has 0 unspecified atom stereocenters. The van der Waals surface area contributed by atoms with Crippen molar-refractivity contribution in [3.63, 3.8) is 0 Å². The maximum Gasteiger partial charge on any atom is 0.256 e. The number of aromatic amines is 1. The molecule has 1 aliphatic rings. The lowest BCUT2D eigenvalue weighted by atomic mass is 10.0. The van der Waals surface area contributed by atoms with Crippen LogP contribution >= 0.6 is 0 Å². The molecule has 8 nitrogen and oxygen atoms in total. The number of H-pyrrole nitrogens is 1. The molecule has 0 radical (unpaired) electrons. The minimum atomic E-state index is -0.0825. The van der Waals surface area contributed by atoms with Gasteiger partial charge in [-0.25, -0.2) is 5.01 Å². The fourth-order valence-corrected chi connectivity index (χ4v) is 4.68. The number of carbonyl (C=O) groups is 2. The molecule has 2 N–H and O–H groups in total. The van der Waals surface area contributed by atoms with E-state index in [0.717, 1.165) is 35.2 Å². The van der Waals surface area contributed by atoms with Crippen LogP contribution in [0.2, 0.25) is 0 Å². The van der Waals surface area contributed by atoms with Gasteiger partial charge in [-0.3, -0.25) is 19.7 Å². The molecule has 2 amide bonds. The largest absolute Gasteiger partial charge is 0.355 e. The minimum Gasteiger partial charge on any atom is -0.355 e. The van der Waals surface area contributed by atoms with Gasteiger partial charge in [0.05, 0.1) is 19.3 Å². The number of hydrogen-bond donors (Lipinski definition) is 2. The Hall–Kier alpha value is -3.65. The number of nitrogens with zero attached hydrogens (tertiary/aromatic N) is 4. The Morgan fingerprint density at radius 1 is 1.08 bits per heavy atom. The van der Waals surface area contributed by atoms with Gasteiger partial charge in [-0.15, -0.1) is 0 Å². The first-order chi connectivity index (χ1) is 17.8. The average molecular weight is 519 g/mol. The Bertz CT molecular complexity index is 1180. The number of carbonyl (C=O) groups excluding carboxylic acids is 2. The number of aromatic nitrogens is 2. The van der Waals surface area contributed by atoms with Crippen LogP contribution in [0.25, 0.3) is 11.1 Å². The van der Waals surface area contributed by atoms with Crippen molar-refractivity contribution in [2.24, 2.45) is 5.92 Å². The summed E-state index contributed by atoms with van der Waals surface area (Å²) in [6.45, 7) is 8.61. The summed E-state index contributed by atoms with van der Waals surface area (Å²) in [5.74, 6) is 0.459. The van der Waals surface area contributed by atoms with E-state index in [2.05, 4.69) is 41.5 Å². The molecule has 0 saturated heterocycles. The molecule has 2 heterocycles. The molecule has 3 aromatic rings. The molecule has 38 heavy (non-hydrogen) atoms. The van der Waals surface area contributed by atoms with Gasteiger partial charge in [0.2, 0.25) is 5.91 Å². The maximum absolute atomic E-state index is 13.5. The van der Waals surface area contributed by atoms with Crippen LogP contribution in [-0.2, 0) is 22.7 Å². The standard InChI is InChI=1S/C29H38N6O2.CH4/c1-21(2)8-7-13-30-28(36)19-34(27-14-23(12-11-22(27)3)26-15-31-32-16-26)20-29(37)33(4)35-17-24-9-5-6-10-25(24)18-35;/h5-6,9-12,14-16,21H,7-8,13,17-20H2,1-4H3,(H,30,36)(H,31,32);1H4. The van der Waals surface area contributed by atoms with Gasteiger partial charge in [0.15, 0.2) is 0 Å². The zero-order valence-corrected chi connectivity index (χ0v) is 22.3. The summed E-state index contributed by atoms with van der Waals surface area (Å²) in [5.41, 5.74) is 6.28. The van der Waals surface area contributed by atoms with Crippen LogP contribution in [0.1, 0.15) is 50.8 Å². The first kappa shape index (κ1) is 28.9. The van der Waals surface area contributed by atoms with Gasteiger partial charge >= 0.3 is 0 Å². The third-order valence-corrected chi connectivity index (χ3v) is 6.93. The zero-order chi connectivity index (χ0) is 26.4. The number of rotatable bonds is 11. The van der Waals surface area contributed by atoms with Crippen LogP contribution in [0.15, 0.2) is 54.9 Å². The van der Waals surface area contributed by atoms with Crippen molar-refractivity contribution in [1.82, 2.24) is 25.5 Å². The van der Waals surface area contributed by atoms with Gasteiger partial charge in [0.1, 0.15) is 0 Å². The number of anilines is 1. The average Bonchev–Trinajstić information content (AvgIpc) is 3.56. The van der Waals surface area contributed by atoms with Crippen molar-refractivity contribution in [3.05, 3.63) is 71.5 Å². The van der Waals surface area contributed by atoms with Crippen LogP contribution in [0.3, 0.4) is 0 Å². The van der Waals surface area contributed by atoms with Gasteiger partial charge in [-0.2, -0.15) is 5.10 Å².